The first-order valence-electron chi connectivity index (χ1n) is 7.39. The van der Waals surface area contributed by atoms with Gasteiger partial charge in [-0.1, -0.05) is 6.92 Å². The molecule has 0 radical (unpaired) electrons. The normalized spacial score (nSPS) is 32.4. The Morgan fingerprint density at radius 1 is 1.26 bits per heavy atom. The van der Waals surface area contributed by atoms with Gasteiger partial charge < -0.3 is 10.6 Å². The second kappa shape index (κ2) is 8.08. The van der Waals surface area contributed by atoms with Crippen LogP contribution in [-0.4, -0.2) is 49.1 Å². The summed E-state index contributed by atoms with van der Waals surface area (Å²) >= 11 is 0. The highest BCUT2D eigenvalue weighted by molar-refractivity contribution is 5.85. The molecule has 0 aromatic heterocycles. The van der Waals surface area contributed by atoms with Crippen LogP contribution in [0.1, 0.15) is 39.5 Å². The highest BCUT2D eigenvalue weighted by Gasteiger charge is 2.23. The summed E-state index contributed by atoms with van der Waals surface area (Å²) in [5.41, 5.74) is 0. The van der Waals surface area contributed by atoms with Gasteiger partial charge in [-0.2, -0.15) is 0 Å². The summed E-state index contributed by atoms with van der Waals surface area (Å²) in [4.78, 5) is 14.3. The van der Waals surface area contributed by atoms with E-state index in [4.69, 9.17) is 0 Å². The summed E-state index contributed by atoms with van der Waals surface area (Å²) in [6.07, 6.45) is 4.83. The number of piperazine rings is 1. The maximum atomic E-state index is 12.0. The van der Waals surface area contributed by atoms with Crippen LogP contribution in [0.3, 0.4) is 0 Å². The largest absolute Gasteiger partial charge is 0.352 e. The van der Waals surface area contributed by atoms with Crippen LogP contribution >= 0.6 is 12.4 Å². The highest BCUT2D eigenvalue weighted by Crippen LogP contribution is 2.23. The predicted octanol–water partition coefficient (Wildman–Crippen LogP) is 1.40. The first-order valence-corrected chi connectivity index (χ1v) is 7.39. The molecule has 1 saturated carbocycles. The first-order chi connectivity index (χ1) is 8.65. The molecule has 5 heteroatoms. The number of halogens is 1. The molecule has 0 bridgehead atoms. The lowest BCUT2D eigenvalue weighted by Crippen LogP contribution is -2.53. The minimum Gasteiger partial charge on any atom is -0.352 e. The van der Waals surface area contributed by atoms with Gasteiger partial charge in [-0.25, -0.2) is 0 Å². The Balaban J connectivity index is 0.00000180. The van der Waals surface area contributed by atoms with Crippen LogP contribution in [-0.2, 0) is 4.79 Å². The summed E-state index contributed by atoms with van der Waals surface area (Å²) in [7, 11) is 0. The van der Waals surface area contributed by atoms with Crippen molar-refractivity contribution in [1.29, 1.82) is 0 Å². The molecule has 1 amide bonds. The molecule has 2 N–H and O–H groups in total. The Labute approximate surface area is 123 Å². The van der Waals surface area contributed by atoms with Crippen LogP contribution in [0.2, 0.25) is 0 Å². The molecule has 1 heterocycles. The number of amides is 1. The zero-order valence-electron chi connectivity index (χ0n) is 12.2. The van der Waals surface area contributed by atoms with Crippen molar-refractivity contribution in [3.63, 3.8) is 0 Å². The highest BCUT2D eigenvalue weighted by atomic mass is 35.5. The molecule has 1 saturated heterocycles. The van der Waals surface area contributed by atoms with Gasteiger partial charge in [0, 0.05) is 31.7 Å². The Kier molecular flexibility index (Phi) is 7.11. The summed E-state index contributed by atoms with van der Waals surface area (Å²) < 4.78 is 0. The number of hydrogen-bond donors (Lipinski definition) is 2. The van der Waals surface area contributed by atoms with Crippen molar-refractivity contribution in [2.45, 2.75) is 51.6 Å². The molecule has 0 aromatic carbocycles. The van der Waals surface area contributed by atoms with E-state index < -0.39 is 0 Å². The number of carbonyl (C=O) groups excluding carboxylic acids is 1. The van der Waals surface area contributed by atoms with E-state index in [-0.39, 0.29) is 18.3 Å². The third-order valence-electron chi connectivity index (χ3n) is 4.37. The van der Waals surface area contributed by atoms with Crippen molar-refractivity contribution < 1.29 is 4.79 Å². The Morgan fingerprint density at radius 3 is 2.58 bits per heavy atom. The molecule has 2 aliphatic rings. The van der Waals surface area contributed by atoms with Crippen molar-refractivity contribution in [1.82, 2.24) is 15.5 Å². The number of nitrogens with zero attached hydrogens (tertiary/aromatic N) is 1. The molecule has 1 aliphatic carbocycles. The number of nitrogens with one attached hydrogen (secondary N) is 2. The lowest BCUT2D eigenvalue weighted by molar-refractivity contribution is -0.123. The predicted molar refractivity (Wildman–Crippen MR) is 80.7 cm³/mol. The van der Waals surface area contributed by atoms with Crippen LogP contribution in [0.5, 0.6) is 0 Å². The van der Waals surface area contributed by atoms with Gasteiger partial charge in [0.2, 0.25) is 5.91 Å². The molecule has 1 aliphatic heterocycles. The van der Waals surface area contributed by atoms with Gasteiger partial charge in [0.15, 0.2) is 0 Å². The SMILES string of the molecule is CC1CCC(NC(=O)CN2CCNCC2C)CC1.Cl. The molecule has 2 rings (SSSR count). The Morgan fingerprint density at radius 2 is 1.95 bits per heavy atom. The summed E-state index contributed by atoms with van der Waals surface area (Å²) in [6, 6.07) is 0.891. The monoisotopic (exact) mass is 289 g/mol. The standard InChI is InChI=1S/C14H27N3O.ClH/c1-11-3-5-13(6-4-11)16-14(18)10-17-8-7-15-9-12(17)2;/h11-13,15H,3-10H2,1-2H3,(H,16,18);1H. The van der Waals surface area contributed by atoms with Crippen molar-refractivity contribution in [3.05, 3.63) is 0 Å². The van der Waals surface area contributed by atoms with Gasteiger partial charge in [0.1, 0.15) is 0 Å². The molecular weight excluding hydrogens is 262 g/mol. The van der Waals surface area contributed by atoms with E-state index in [9.17, 15) is 4.79 Å². The number of carbonyl (C=O) groups is 1. The molecule has 19 heavy (non-hydrogen) atoms. The fraction of sp³-hybridized carbons (Fsp3) is 0.929. The zero-order valence-corrected chi connectivity index (χ0v) is 13.0. The van der Waals surface area contributed by atoms with Crippen molar-refractivity contribution >= 4 is 18.3 Å². The van der Waals surface area contributed by atoms with Gasteiger partial charge in [0.25, 0.3) is 0 Å². The van der Waals surface area contributed by atoms with E-state index in [1.165, 1.54) is 12.8 Å². The Hall–Kier alpha value is -0.320. The number of rotatable bonds is 3. The van der Waals surface area contributed by atoms with Crippen LogP contribution in [0.4, 0.5) is 0 Å². The summed E-state index contributed by atoms with van der Waals surface area (Å²) in [6.45, 7) is 8.03. The third kappa shape index (κ3) is 5.28. The van der Waals surface area contributed by atoms with E-state index in [1.54, 1.807) is 0 Å². The van der Waals surface area contributed by atoms with Crippen molar-refractivity contribution in [2.75, 3.05) is 26.2 Å². The molecule has 4 nitrogen and oxygen atoms in total. The van der Waals surface area contributed by atoms with Crippen LogP contribution in [0.25, 0.3) is 0 Å². The second-order valence-electron chi connectivity index (χ2n) is 6.05. The lowest BCUT2D eigenvalue weighted by Gasteiger charge is -2.34. The quantitative estimate of drug-likeness (QED) is 0.825. The van der Waals surface area contributed by atoms with Crippen LogP contribution in [0.15, 0.2) is 0 Å². The minimum absolute atomic E-state index is 0. The maximum Gasteiger partial charge on any atom is 0.234 e. The molecule has 2 fully saturated rings. The molecule has 1 atom stereocenters. The second-order valence-corrected chi connectivity index (χ2v) is 6.05. The third-order valence-corrected chi connectivity index (χ3v) is 4.37. The summed E-state index contributed by atoms with van der Waals surface area (Å²) in [5, 5.41) is 6.56. The van der Waals surface area contributed by atoms with E-state index in [0.29, 0.717) is 18.6 Å². The zero-order chi connectivity index (χ0) is 13.0. The van der Waals surface area contributed by atoms with E-state index in [0.717, 1.165) is 38.4 Å². The van der Waals surface area contributed by atoms with Gasteiger partial charge in [-0.3, -0.25) is 9.69 Å². The summed E-state index contributed by atoms with van der Waals surface area (Å²) in [5.74, 6) is 1.05. The minimum atomic E-state index is 0. The Bertz CT molecular complexity index is 280. The van der Waals surface area contributed by atoms with E-state index in [2.05, 4.69) is 29.4 Å². The average Bonchev–Trinajstić information content (AvgIpc) is 2.35. The first kappa shape index (κ1) is 16.7. The fourth-order valence-corrected chi connectivity index (χ4v) is 2.98. The molecule has 0 spiro atoms. The van der Waals surface area contributed by atoms with Crippen LogP contribution in [0, 0.1) is 5.92 Å². The van der Waals surface area contributed by atoms with E-state index >= 15 is 0 Å². The molecule has 112 valence electrons. The molecular formula is C14H28ClN3O. The van der Waals surface area contributed by atoms with Crippen LogP contribution < -0.4 is 10.6 Å². The lowest BCUT2D eigenvalue weighted by atomic mass is 9.87. The van der Waals surface area contributed by atoms with Gasteiger partial charge >= 0.3 is 0 Å². The topological polar surface area (TPSA) is 44.4 Å². The smallest absolute Gasteiger partial charge is 0.234 e. The number of hydrogen-bond acceptors (Lipinski definition) is 3. The molecule has 0 aromatic rings. The maximum absolute atomic E-state index is 12.0. The van der Waals surface area contributed by atoms with Gasteiger partial charge in [-0.05, 0) is 38.5 Å². The molecule has 1 unspecified atom stereocenters. The fourth-order valence-electron chi connectivity index (χ4n) is 2.98. The van der Waals surface area contributed by atoms with Crippen molar-refractivity contribution in [3.8, 4) is 0 Å². The van der Waals surface area contributed by atoms with E-state index in [1.807, 2.05) is 0 Å². The van der Waals surface area contributed by atoms with Gasteiger partial charge in [-0.15, -0.1) is 12.4 Å². The average molecular weight is 290 g/mol. The van der Waals surface area contributed by atoms with Gasteiger partial charge in [0.05, 0.1) is 6.54 Å². The van der Waals surface area contributed by atoms with Crippen molar-refractivity contribution in [2.24, 2.45) is 5.92 Å².